The van der Waals surface area contributed by atoms with Crippen molar-refractivity contribution in [3.05, 3.63) is 66.4 Å². The van der Waals surface area contributed by atoms with Gasteiger partial charge in [0.1, 0.15) is 12.3 Å². The van der Waals surface area contributed by atoms with Crippen LogP contribution in [-0.4, -0.2) is 34.1 Å². The zero-order chi connectivity index (χ0) is 21.6. The highest BCUT2D eigenvalue weighted by atomic mass is 16.5. The van der Waals surface area contributed by atoms with Crippen LogP contribution in [0.15, 0.2) is 60.8 Å². The first kappa shape index (κ1) is 21.3. The van der Waals surface area contributed by atoms with E-state index in [2.05, 4.69) is 66.3 Å². The maximum Gasteiger partial charge on any atom is 0.329 e. The van der Waals surface area contributed by atoms with Gasteiger partial charge in [0.2, 0.25) is 0 Å². The van der Waals surface area contributed by atoms with Gasteiger partial charge in [-0.05, 0) is 50.0 Å². The van der Waals surface area contributed by atoms with Crippen LogP contribution in [0.25, 0.3) is 22.4 Å². The maximum absolute atomic E-state index is 10.6. The Morgan fingerprint density at radius 3 is 2.35 bits per heavy atom. The van der Waals surface area contributed by atoms with Gasteiger partial charge in [-0.15, -0.1) is 0 Å². The number of aryl methyl sites for hydroxylation is 1. The van der Waals surface area contributed by atoms with Gasteiger partial charge < -0.3 is 9.84 Å². The van der Waals surface area contributed by atoms with E-state index >= 15 is 0 Å². The van der Waals surface area contributed by atoms with Crippen LogP contribution in [0.4, 0.5) is 0 Å². The second-order valence-electron chi connectivity index (χ2n) is 8.64. The minimum Gasteiger partial charge on any atom is -0.480 e. The zero-order valence-electron chi connectivity index (χ0n) is 18.0. The fourth-order valence-corrected chi connectivity index (χ4v) is 4.43. The fourth-order valence-electron chi connectivity index (χ4n) is 4.43. The number of benzene rings is 2. The summed E-state index contributed by atoms with van der Waals surface area (Å²) in [6.45, 7) is 3.37. The van der Waals surface area contributed by atoms with E-state index in [-0.39, 0.29) is 6.61 Å². The van der Waals surface area contributed by atoms with Crippen molar-refractivity contribution in [3.8, 4) is 22.4 Å². The highest BCUT2D eigenvalue weighted by Crippen LogP contribution is 2.34. The molecule has 31 heavy (non-hydrogen) atoms. The first-order valence-corrected chi connectivity index (χ1v) is 11.1. The van der Waals surface area contributed by atoms with Crippen molar-refractivity contribution in [1.82, 2.24) is 9.78 Å². The van der Waals surface area contributed by atoms with E-state index in [1.165, 1.54) is 16.7 Å². The largest absolute Gasteiger partial charge is 0.480 e. The number of carbonyl (C=O) groups is 1. The summed E-state index contributed by atoms with van der Waals surface area (Å²) in [6.07, 6.45) is 6.61. The number of nitrogens with zero attached hydrogens (tertiary/aromatic N) is 2. The third-order valence-corrected chi connectivity index (χ3v) is 6.16. The molecule has 0 bridgehead atoms. The predicted octanol–water partition coefficient (Wildman–Crippen LogP) is 5.43. The molecule has 1 fully saturated rings. The Morgan fingerprint density at radius 1 is 1.00 bits per heavy atom. The van der Waals surface area contributed by atoms with E-state index in [1.54, 1.807) is 0 Å². The van der Waals surface area contributed by atoms with Crippen molar-refractivity contribution in [1.29, 1.82) is 0 Å². The molecule has 0 amide bonds. The second kappa shape index (κ2) is 9.92. The highest BCUT2D eigenvalue weighted by Gasteiger charge is 2.23. The summed E-state index contributed by atoms with van der Waals surface area (Å²) >= 11 is 0. The highest BCUT2D eigenvalue weighted by molar-refractivity contribution is 5.80. The lowest BCUT2D eigenvalue weighted by molar-refractivity contribution is -0.142. The third kappa shape index (κ3) is 5.61. The minimum atomic E-state index is -0.897. The number of rotatable bonds is 8. The lowest BCUT2D eigenvalue weighted by Crippen LogP contribution is -2.23. The monoisotopic (exact) mass is 418 g/mol. The van der Waals surface area contributed by atoms with E-state index < -0.39 is 5.97 Å². The van der Waals surface area contributed by atoms with Crippen LogP contribution in [0.2, 0.25) is 0 Å². The summed E-state index contributed by atoms with van der Waals surface area (Å²) in [7, 11) is 0. The summed E-state index contributed by atoms with van der Waals surface area (Å²) in [5.74, 6) is 0.160. The average Bonchev–Trinajstić information content (AvgIpc) is 3.19. The zero-order valence-corrected chi connectivity index (χ0v) is 18.0. The molecule has 162 valence electrons. The molecule has 1 aliphatic carbocycles. The van der Waals surface area contributed by atoms with Gasteiger partial charge in [0.15, 0.2) is 0 Å². The number of aromatic nitrogens is 2. The molecule has 0 atom stereocenters. The predicted molar refractivity (Wildman–Crippen MR) is 122 cm³/mol. The van der Waals surface area contributed by atoms with Crippen molar-refractivity contribution in [2.45, 2.75) is 39.2 Å². The van der Waals surface area contributed by atoms with E-state index in [0.717, 1.165) is 43.5 Å². The Labute approximate surface area is 183 Å². The van der Waals surface area contributed by atoms with Crippen LogP contribution in [-0.2, 0) is 16.1 Å². The molecule has 0 radical (unpaired) electrons. The fraction of sp³-hybridized carbons (Fsp3) is 0.385. The van der Waals surface area contributed by atoms with Crippen LogP contribution < -0.4 is 0 Å². The molecule has 0 spiro atoms. The normalized spacial score (nSPS) is 18.7. The number of ether oxygens (including phenoxy) is 1. The molecule has 0 unspecified atom stereocenters. The summed E-state index contributed by atoms with van der Waals surface area (Å²) in [6, 6.07) is 19.0. The molecule has 0 saturated heterocycles. The smallest absolute Gasteiger partial charge is 0.329 e. The summed E-state index contributed by atoms with van der Waals surface area (Å²) < 4.78 is 7.41. The van der Waals surface area contributed by atoms with Gasteiger partial charge in [0, 0.05) is 23.9 Å². The first-order chi connectivity index (χ1) is 15.1. The first-order valence-electron chi connectivity index (χ1n) is 11.1. The van der Waals surface area contributed by atoms with Gasteiger partial charge in [-0.3, -0.25) is 4.68 Å². The summed E-state index contributed by atoms with van der Waals surface area (Å²) in [5.41, 5.74) is 5.77. The van der Waals surface area contributed by atoms with Crippen LogP contribution in [0.1, 0.15) is 31.2 Å². The SMILES string of the molecule is Cc1ccc(-c2cn(CC3CCC(COCC(=O)O)CC3)nc2-c2ccccc2)cc1. The molecule has 3 aromatic rings. The number of hydrogen-bond donors (Lipinski definition) is 1. The van der Waals surface area contributed by atoms with E-state index in [1.807, 2.05) is 6.07 Å². The Hall–Kier alpha value is -2.92. The van der Waals surface area contributed by atoms with Gasteiger partial charge in [0.25, 0.3) is 0 Å². The Kier molecular flexibility index (Phi) is 6.82. The lowest BCUT2D eigenvalue weighted by atomic mass is 9.82. The van der Waals surface area contributed by atoms with Gasteiger partial charge in [-0.2, -0.15) is 5.10 Å². The molecule has 1 heterocycles. The number of carboxylic acids is 1. The van der Waals surface area contributed by atoms with Gasteiger partial charge in [0.05, 0.1) is 6.61 Å². The minimum absolute atomic E-state index is 0.197. The van der Waals surface area contributed by atoms with Crippen LogP contribution in [0.5, 0.6) is 0 Å². The molecular formula is C26H30N2O3. The van der Waals surface area contributed by atoms with Crippen molar-refractivity contribution >= 4 is 5.97 Å². The quantitative estimate of drug-likeness (QED) is 0.529. The van der Waals surface area contributed by atoms with Crippen molar-refractivity contribution in [2.75, 3.05) is 13.2 Å². The Balaban J connectivity index is 1.46. The van der Waals surface area contributed by atoms with Crippen LogP contribution in [0, 0.1) is 18.8 Å². The van der Waals surface area contributed by atoms with Gasteiger partial charge in [-0.25, -0.2) is 4.79 Å². The third-order valence-electron chi connectivity index (χ3n) is 6.16. The standard InChI is InChI=1S/C26H30N2O3/c1-19-7-13-22(14-8-19)24-16-28(27-26(24)23-5-3-2-4-6-23)15-20-9-11-21(12-10-20)17-31-18-25(29)30/h2-8,13-14,16,20-21H,9-12,15,17-18H2,1H3,(H,29,30). The molecule has 1 N–H and O–H groups in total. The van der Waals surface area contributed by atoms with E-state index in [9.17, 15) is 4.79 Å². The molecule has 0 aliphatic heterocycles. The molecule has 1 aromatic heterocycles. The molecule has 1 aliphatic rings. The van der Waals surface area contributed by atoms with Crippen LogP contribution in [0.3, 0.4) is 0 Å². The van der Waals surface area contributed by atoms with Crippen LogP contribution >= 0.6 is 0 Å². The maximum atomic E-state index is 10.6. The Morgan fingerprint density at radius 2 is 1.68 bits per heavy atom. The molecule has 5 heteroatoms. The number of aliphatic carboxylic acids is 1. The number of hydrogen-bond acceptors (Lipinski definition) is 3. The van der Waals surface area contributed by atoms with Crippen molar-refractivity contribution in [2.24, 2.45) is 11.8 Å². The average molecular weight is 419 g/mol. The Bertz CT molecular complexity index is 987. The summed E-state index contributed by atoms with van der Waals surface area (Å²) in [4.78, 5) is 10.6. The van der Waals surface area contributed by atoms with Gasteiger partial charge in [-0.1, -0.05) is 60.2 Å². The molecular weight excluding hydrogens is 388 g/mol. The molecule has 4 rings (SSSR count). The van der Waals surface area contributed by atoms with E-state index in [0.29, 0.717) is 18.4 Å². The molecule has 2 aromatic carbocycles. The second-order valence-corrected chi connectivity index (χ2v) is 8.64. The van der Waals surface area contributed by atoms with E-state index in [4.69, 9.17) is 14.9 Å². The van der Waals surface area contributed by atoms with Crippen molar-refractivity contribution < 1.29 is 14.6 Å². The lowest BCUT2D eigenvalue weighted by Gasteiger charge is -2.28. The molecule has 1 saturated carbocycles. The molecule has 5 nitrogen and oxygen atoms in total. The number of carboxylic acid groups (broad SMARTS) is 1. The summed E-state index contributed by atoms with van der Waals surface area (Å²) in [5, 5.41) is 13.7. The van der Waals surface area contributed by atoms with Crippen molar-refractivity contribution in [3.63, 3.8) is 0 Å². The van der Waals surface area contributed by atoms with Gasteiger partial charge >= 0.3 is 5.97 Å². The topological polar surface area (TPSA) is 64.3 Å².